The Labute approximate surface area is 302 Å². The average molecular weight is 668 g/mol. The molecule has 2 heterocycles. The zero-order valence-electron chi connectivity index (χ0n) is 28.8. The van der Waals surface area contributed by atoms with Crippen molar-refractivity contribution in [3.05, 3.63) is 175 Å². The SMILES string of the molecule is CC1(C)c2cc(-c3nc(-c4cccc(-c5ccccc5)c4)nc(-c4cccc(-c5ccccc5)c4)n3)ccc2-c2cc3c(cc21)oc1ccccc13. The van der Waals surface area contributed by atoms with Gasteiger partial charge in [0.2, 0.25) is 0 Å². The van der Waals surface area contributed by atoms with Crippen LogP contribution in [0.25, 0.3) is 89.5 Å². The minimum absolute atomic E-state index is 0.249. The van der Waals surface area contributed by atoms with Crippen molar-refractivity contribution in [2.24, 2.45) is 0 Å². The van der Waals surface area contributed by atoms with Gasteiger partial charge in [0.05, 0.1) is 0 Å². The second-order valence-electron chi connectivity index (χ2n) is 14.1. The summed E-state index contributed by atoms with van der Waals surface area (Å²) in [5.74, 6) is 1.92. The Balaban J connectivity index is 1.13. The van der Waals surface area contributed by atoms with Crippen LogP contribution in [-0.4, -0.2) is 15.0 Å². The fourth-order valence-electron chi connectivity index (χ4n) is 7.79. The highest BCUT2D eigenvalue weighted by Gasteiger charge is 2.37. The molecule has 0 saturated heterocycles. The number of fused-ring (bicyclic) bond motifs is 6. The Morgan fingerprint density at radius 3 is 1.48 bits per heavy atom. The van der Waals surface area contributed by atoms with Gasteiger partial charge in [-0.3, -0.25) is 0 Å². The lowest BCUT2D eigenvalue weighted by Gasteiger charge is -2.22. The predicted molar refractivity (Wildman–Crippen MR) is 212 cm³/mol. The van der Waals surface area contributed by atoms with Crippen LogP contribution in [0.4, 0.5) is 0 Å². The van der Waals surface area contributed by atoms with Crippen LogP contribution >= 0.6 is 0 Å². The van der Waals surface area contributed by atoms with Crippen LogP contribution in [0, 0.1) is 0 Å². The van der Waals surface area contributed by atoms with Crippen LogP contribution in [0.1, 0.15) is 25.0 Å². The monoisotopic (exact) mass is 667 g/mol. The number of nitrogens with zero attached hydrogens (tertiary/aromatic N) is 3. The Hall–Kier alpha value is -6.65. The molecule has 0 aliphatic heterocycles. The summed E-state index contributed by atoms with van der Waals surface area (Å²) in [5.41, 5.74) is 13.9. The average Bonchev–Trinajstić information content (AvgIpc) is 3.68. The Bertz CT molecular complexity index is 2720. The van der Waals surface area contributed by atoms with E-state index in [0.29, 0.717) is 17.5 Å². The van der Waals surface area contributed by atoms with E-state index >= 15 is 0 Å². The molecule has 0 amide bonds. The molecule has 1 aliphatic carbocycles. The third-order valence-electron chi connectivity index (χ3n) is 10.5. The van der Waals surface area contributed by atoms with E-state index in [-0.39, 0.29) is 5.41 Å². The molecular formula is C48H33N3O. The van der Waals surface area contributed by atoms with Crippen molar-refractivity contribution in [2.45, 2.75) is 19.3 Å². The fraction of sp³-hybridized carbons (Fsp3) is 0.0625. The maximum Gasteiger partial charge on any atom is 0.164 e. The van der Waals surface area contributed by atoms with Gasteiger partial charge < -0.3 is 4.42 Å². The van der Waals surface area contributed by atoms with Crippen LogP contribution in [0.3, 0.4) is 0 Å². The van der Waals surface area contributed by atoms with Gasteiger partial charge in [-0.2, -0.15) is 0 Å². The number of benzene rings is 7. The lowest BCUT2D eigenvalue weighted by molar-refractivity contribution is 0.647. The number of rotatable bonds is 5. The summed E-state index contributed by atoms with van der Waals surface area (Å²) in [6.07, 6.45) is 0. The summed E-state index contributed by atoms with van der Waals surface area (Å²) in [6, 6.07) is 57.2. The van der Waals surface area contributed by atoms with E-state index in [9.17, 15) is 0 Å². The molecule has 10 rings (SSSR count). The van der Waals surface area contributed by atoms with Crippen molar-refractivity contribution in [1.82, 2.24) is 15.0 Å². The zero-order valence-corrected chi connectivity index (χ0v) is 28.8. The fourth-order valence-corrected chi connectivity index (χ4v) is 7.79. The molecule has 0 radical (unpaired) electrons. The molecule has 2 aromatic heterocycles. The van der Waals surface area contributed by atoms with Gasteiger partial charge in [0.1, 0.15) is 11.2 Å². The lowest BCUT2D eigenvalue weighted by Crippen LogP contribution is -2.15. The first-order chi connectivity index (χ1) is 25.5. The van der Waals surface area contributed by atoms with E-state index in [1.807, 2.05) is 24.3 Å². The van der Waals surface area contributed by atoms with E-state index in [0.717, 1.165) is 60.9 Å². The molecule has 0 N–H and O–H groups in total. The number of aromatic nitrogens is 3. The van der Waals surface area contributed by atoms with Crippen LogP contribution in [0.2, 0.25) is 0 Å². The second-order valence-corrected chi connectivity index (χ2v) is 14.1. The van der Waals surface area contributed by atoms with Gasteiger partial charge in [0.15, 0.2) is 17.5 Å². The first-order valence-corrected chi connectivity index (χ1v) is 17.7. The second kappa shape index (κ2) is 11.7. The van der Waals surface area contributed by atoms with Crippen LogP contribution in [0.5, 0.6) is 0 Å². The van der Waals surface area contributed by atoms with Crippen molar-refractivity contribution in [3.63, 3.8) is 0 Å². The highest BCUT2D eigenvalue weighted by molar-refractivity contribution is 6.07. The van der Waals surface area contributed by atoms with E-state index in [4.69, 9.17) is 19.4 Å². The maximum atomic E-state index is 6.32. The van der Waals surface area contributed by atoms with Crippen LogP contribution in [0.15, 0.2) is 168 Å². The minimum Gasteiger partial charge on any atom is -0.456 e. The van der Waals surface area contributed by atoms with Gasteiger partial charge in [-0.1, -0.05) is 141 Å². The van der Waals surface area contributed by atoms with E-state index < -0.39 is 0 Å². The van der Waals surface area contributed by atoms with Gasteiger partial charge >= 0.3 is 0 Å². The lowest BCUT2D eigenvalue weighted by atomic mass is 9.82. The summed E-state index contributed by atoms with van der Waals surface area (Å²) in [6.45, 7) is 4.59. The van der Waals surface area contributed by atoms with Gasteiger partial charge in [-0.05, 0) is 80.9 Å². The first kappa shape index (κ1) is 30.2. The summed E-state index contributed by atoms with van der Waals surface area (Å²) in [7, 11) is 0. The highest BCUT2D eigenvalue weighted by atomic mass is 16.3. The molecule has 52 heavy (non-hydrogen) atoms. The summed E-state index contributed by atoms with van der Waals surface area (Å²) in [5, 5.41) is 2.28. The number of hydrogen-bond donors (Lipinski definition) is 0. The third-order valence-corrected chi connectivity index (χ3v) is 10.5. The number of para-hydroxylation sites is 1. The molecule has 0 saturated carbocycles. The van der Waals surface area contributed by atoms with Crippen molar-refractivity contribution in [1.29, 1.82) is 0 Å². The molecule has 9 aromatic rings. The Kier molecular flexibility index (Phi) is 6.80. The number of furan rings is 1. The summed E-state index contributed by atoms with van der Waals surface area (Å²) in [4.78, 5) is 15.5. The minimum atomic E-state index is -0.249. The molecule has 0 atom stereocenters. The smallest absolute Gasteiger partial charge is 0.164 e. The van der Waals surface area contributed by atoms with Gasteiger partial charge in [0, 0.05) is 32.9 Å². The predicted octanol–water partition coefficient (Wildman–Crippen LogP) is 12.4. The largest absolute Gasteiger partial charge is 0.456 e. The molecule has 7 aromatic carbocycles. The van der Waals surface area contributed by atoms with Crippen molar-refractivity contribution in [3.8, 4) is 67.5 Å². The van der Waals surface area contributed by atoms with Crippen molar-refractivity contribution >= 4 is 21.9 Å². The van der Waals surface area contributed by atoms with Crippen molar-refractivity contribution in [2.75, 3.05) is 0 Å². The topological polar surface area (TPSA) is 51.8 Å². The van der Waals surface area contributed by atoms with Gasteiger partial charge in [0.25, 0.3) is 0 Å². The third kappa shape index (κ3) is 4.95. The van der Waals surface area contributed by atoms with Gasteiger partial charge in [-0.15, -0.1) is 0 Å². The molecule has 1 aliphatic rings. The Morgan fingerprint density at radius 2 is 0.865 bits per heavy atom. The van der Waals surface area contributed by atoms with Crippen molar-refractivity contribution < 1.29 is 4.42 Å². The zero-order chi connectivity index (χ0) is 34.8. The Morgan fingerprint density at radius 1 is 0.365 bits per heavy atom. The maximum absolute atomic E-state index is 6.32. The standard InChI is InChI=1S/C48H33N3O/c1-48(2)41-27-36(23-24-37(41)39-28-40-38-21-9-10-22-43(38)52-44(40)29-42(39)48)47-50-45(34-19-11-17-32(25-34)30-13-5-3-6-14-30)49-46(51-47)35-20-12-18-33(26-35)31-15-7-4-8-16-31/h3-29H,1-2H3. The van der Waals surface area contributed by atoms with Crippen LogP contribution in [-0.2, 0) is 5.41 Å². The van der Waals surface area contributed by atoms with E-state index in [1.54, 1.807) is 0 Å². The molecule has 0 fully saturated rings. The molecule has 4 heteroatoms. The first-order valence-electron chi connectivity index (χ1n) is 17.7. The van der Waals surface area contributed by atoms with Gasteiger partial charge in [-0.25, -0.2) is 15.0 Å². The molecule has 0 bridgehead atoms. The number of hydrogen-bond acceptors (Lipinski definition) is 4. The molecule has 0 unspecified atom stereocenters. The molecule has 246 valence electrons. The molecule has 0 spiro atoms. The summed E-state index contributed by atoms with van der Waals surface area (Å²) >= 11 is 0. The quantitative estimate of drug-likeness (QED) is 0.183. The van der Waals surface area contributed by atoms with Crippen LogP contribution < -0.4 is 0 Å². The normalized spacial score (nSPS) is 13.0. The highest BCUT2D eigenvalue weighted by Crippen LogP contribution is 2.51. The van der Waals surface area contributed by atoms with E-state index in [1.165, 1.54) is 22.3 Å². The molecule has 4 nitrogen and oxygen atoms in total. The molecular weight excluding hydrogens is 635 g/mol. The summed E-state index contributed by atoms with van der Waals surface area (Å²) < 4.78 is 6.32. The van der Waals surface area contributed by atoms with E-state index in [2.05, 4.69) is 153 Å².